The topological polar surface area (TPSA) is 344 Å². The quantitative estimate of drug-likeness (QED) is 0.0842. The number of amides is 1. The highest BCUT2D eigenvalue weighted by Gasteiger charge is 2.51. The van der Waals surface area contributed by atoms with Crippen LogP contribution in [0.5, 0.6) is 0 Å². The summed E-state index contributed by atoms with van der Waals surface area (Å²) in [6.07, 6.45) is 6.96. The molecule has 79 heavy (non-hydrogen) atoms. The number of rotatable bonds is 14. The fourth-order valence-corrected chi connectivity index (χ4v) is 10.1. The lowest BCUT2D eigenvalue weighted by Gasteiger charge is -2.48. The molecule has 2 saturated heterocycles. The van der Waals surface area contributed by atoms with Crippen LogP contribution in [0, 0.1) is 17.8 Å². The van der Waals surface area contributed by atoms with Crippen LogP contribution in [0.2, 0.25) is 0 Å². The van der Waals surface area contributed by atoms with Gasteiger partial charge in [0.25, 0.3) is 0 Å². The molecule has 21 heteroatoms. The molecule has 3 heterocycles. The second-order valence-electron chi connectivity index (χ2n) is 21.9. The van der Waals surface area contributed by atoms with Crippen LogP contribution in [0.3, 0.4) is 0 Å². The Morgan fingerprint density at radius 3 is 1.84 bits per heavy atom. The van der Waals surface area contributed by atoms with Crippen molar-refractivity contribution in [3.63, 3.8) is 0 Å². The Hall–Kier alpha value is -3.56. The summed E-state index contributed by atoms with van der Waals surface area (Å²) in [6.45, 7) is 9.50. The van der Waals surface area contributed by atoms with E-state index < -0.39 is 147 Å². The lowest BCUT2D eigenvalue weighted by molar-refractivity contribution is -0.311. The van der Waals surface area contributed by atoms with Crippen molar-refractivity contribution in [2.75, 3.05) is 53.4 Å². The van der Waals surface area contributed by atoms with Crippen molar-refractivity contribution in [2.24, 2.45) is 29.2 Å². The van der Waals surface area contributed by atoms with E-state index in [9.17, 15) is 60.7 Å². The van der Waals surface area contributed by atoms with Gasteiger partial charge in [0.2, 0.25) is 5.91 Å². The van der Waals surface area contributed by atoms with Gasteiger partial charge >= 0.3 is 5.97 Å². The minimum absolute atomic E-state index is 0.0956. The first-order valence-corrected chi connectivity index (χ1v) is 28.3. The third-order valence-electron chi connectivity index (χ3n) is 14.8. The molecular weight excluding hydrogens is 1020 g/mol. The Morgan fingerprint density at radius 2 is 1.25 bits per heavy atom. The summed E-state index contributed by atoms with van der Waals surface area (Å²) in [5.41, 5.74) is 11.7. The number of allylic oxidation sites excluding steroid dienone is 12. The summed E-state index contributed by atoms with van der Waals surface area (Å²) >= 11 is 0. The molecule has 0 aromatic rings. The number of nitrogens with one attached hydrogen (secondary N) is 1. The molecule has 0 aromatic carbocycles. The first-order chi connectivity index (χ1) is 37.5. The molecule has 2 fully saturated rings. The smallest absolute Gasteiger partial charge is 0.308 e. The summed E-state index contributed by atoms with van der Waals surface area (Å²) < 4.78 is 24.6. The van der Waals surface area contributed by atoms with E-state index in [0.717, 1.165) is 0 Å². The van der Waals surface area contributed by atoms with E-state index >= 15 is 0 Å². The molecule has 12 unspecified atom stereocenters. The van der Waals surface area contributed by atoms with Crippen LogP contribution in [0.25, 0.3) is 0 Å². The fraction of sp³-hybridized carbons (Fsp3) is 0.724. The standard InChI is InChI=1S/C58H99N5O16/c1-38-22-17-15-13-11-9-7-8-10-12-14-16-18-23-45(78-57-55(73)52(54(72)41(4)77-57)63(30-19-26-59)31-20-27-60)35-49-51(56(74)61-28-21-29-62(5)6)48(69)37-58(75,79-49)36-44(66)33-47(68)46(67)25-24-42(64)32-43(65)34-50(70)76-40(3)39(2)53(38)71/h7-18,22-23,38-49,51-55,57,64-69,71-73,75H,19-21,24-37,59-60H2,1-6H3,(H,61,74)/b8-7+,11-9+,12-10+,15-13+,16-14+,22-17+,23-18+/t38-,39-,40-,41+,42?,43?,44?,45?,46?,47?,48-,49?,51?,52?,53?,54?,55-,57-,58?/m0/s1. The van der Waals surface area contributed by atoms with Gasteiger partial charge in [-0.1, -0.05) is 98.9 Å². The molecule has 0 spiro atoms. The molecule has 0 aliphatic carbocycles. The molecule has 19 atom stereocenters. The van der Waals surface area contributed by atoms with E-state index in [2.05, 4.69) is 5.32 Å². The maximum absolute atomic E-state index is 14.1. The van der Waals surface area contributed by atoms with E-state index in [0.29, 0.717) is 52.0 Å². The van der Waals surface area contributed by atoms with Crippen LogP contribution in [-0.4, -0.2) is 224 Å². The Kier molecular flexibility index (Phi) is 32.5. The van der Waals surface area contributed by atoms with E-state index in [1.165, 1.54) is 0 Å². The van der Waals surface area contributed by atoms with E-state index in [4.69, 9.17) is 30.4 Å². The van der Waals surface area contributed by atoms with Crippen molar-refractivity contribution >= 4 is 11.9 Å². The molecular formula is C58H99N5O16. The van der Waals surface area contributed by atoms with Gasteiger partial charge in [-0.2, -0.15) is 0 Å². The lowest BCUT2D eigenvalue weighted by atomic mass is 9.82. The molecule has 2 bridgehead atoms. The molecule has 21 nitrogen and oxygen atoms in total. The van der Waals surface area contributed by atoms with Gasteiger partial charge in [0.05, 0.1) is 85.5 Å². The Morgan fingerprint density at radius 1 is 0.671 bits per heavy atom. The van der Waals surface area contributed by atoms with Crippen molar-refractivity contribution in [2.45, 2.75) is 196 Å². The highest BCUT2D eigenvalue weighted by Crippen LogP contribution is 2.38. The zero-order valence-corrected chi connectivity index (χ0v) is 47.5. The average Bonchev–Trinajstić information content (AvgIpc) is 3.43. The normalized spacial score (nSPS) is 39.7. The number of nitrogens with two attached hydrogens (primary N) is 2. The monoisotopic (exact) mass is 1120 g/mol. The number of hydrogen-bond acceptors (Lipinski definition) is 20. The van der Waals surface area contributed by atoms with Crippen molar-refractivity contribution in [3.8, 4) is 0 Å². The highest BCUT2D eigenvalue weighted by molar-refractivity contribution is 5.80. The second kappa shape index (κ2) is 36.8. The van der Waals surface area contributed by atoms with Gasteiger partial charge in [0.15, 0.2) is 12.1 Å². The van der Waals surface area contributed by atoms with E-state index in [-0.39, 0.29) is 38.1 Å². The number of cyclic esters (lactones) is 1. The van der Waals surface area contributed by atoms with Gasteiger partial charge in [-0.05, 0) is 99.2 Å². The zero-order valence-electron chi connectivity index (χ0n) is 47.5. The lowest BCUT2D eigenvalue weighted by Crippen LogP contribution is -2.64. The molecule has 452 valence electrons. The summed E-state index contributed by atoms with van der Waals surface area (Å²) in [5, 5.41) is 116. The predicted molar refractivity (Wildman–Crippen MR) is 300 cm³/mol. The zero-order chi connectivity index (χ0) is 58.7. The maximum atomic E-state index is 14.1. The van der Waals surface area contributed by atoms with Crippen molar-refractivity contribution in [1.29, 1.82) is 0 Å². The number of aliphatic hydroxyl groups is 10. The van der Waals surface area contributed by atoms with Crippen LogP contribution in [0.4, 0.5) is 0 Å². The summed E-state index contributed by atoms with van der Waals surface area (Å²) in [7, 11) is 3.79. The molecule has 0 radical (unpaired) electrons. The predicted octanol–water partition coefficient (Wildman–Crippen LogP) is 0.736. The van der Waals surface area contributed by atoms with Gasteiger partial charge in [-0.3, -0.25) is 14.5 Å². The molecule has 3 aliphatic heterocycles. The van der Waals surface area contributed by atoms with Gasteiger partial charge in [-0.15, -0.1) is 0 Å². The Labute approximate surface area is 468 Å². The summed E-state index contributed by atoms with van der Waals surface area (Å²) in [5.74, 6) is -5.57. The summed E-state index contributed by atoms with van der Waals surface area (Å²) in [6, 6.07) is -0.845. The van der Waals surface area contributed by atoms with Crippen molar-refractivity contribution in [1.82, 2.24) is 15.1 Å². The summed E-state index contributed by atoms with van der Waals surface area (Å²) in [4.78, 5) is 30.7. The molecule has 1 amide bonds. The van der Waals surface area contributed by atoms with Crippen LogP contribution < -0.4 is 16.8 Å². The van der Waals surface area contributed by atoms with Crippen molar-refractivity contribution in [3.05, 3.63) is 85.1 Å². The Balaban J connectivity index is 2.02. The number of ether oxygens (including phenoxy) is 4. The molecule has 3 aliphatic rings. The van der Waals surface area contributed by atoms with E-state index in [1.54, 1.807) is 51.2 Å². The first-order valence-electron chi connectivity index (χ1n) is 28.3. The number of carbonyl (C=O) groups excluding carboxylic acids is 2. The minimum atomic E-state index is -2.28. The second-order valence-corrected chi connectivity index (χ2v) is 21.9. The van der Waals surface area contributed by atoms with Gasteiger partial charge < -0.3 is 91.7 Å². The van der Waals surface area contributed by atoms with E-state index in [1.807, 2.05) is 85.5 Å². The van der Waals surface area contributed by atoms with Crippen LogP contribution in [0.15, 0.2) is 85.1 Å². The van der Waals surface area contributed by atoms with Gasteiger partial charge in [0.1, 0.15) is 12.2 Å². The van der Waals surface area contributed by atoms with Gasteiger partial charge in [-0.25, -0.2) is 0 Å². The number of esters is 1. The van der Waals surface area contributed by atoms with Gasteiger partial charge in [0, 0.05) is 44.1 Å². The third kappa shape index (κ3) is 25.2. The van der Waals surface area contributed by atoms with Crippen LogP contribution >= 0.6 is 0 Å². The third-order valence-corrected chi connectivity index (χ3v) is 14.8. The van der Waals surface area contributed by atoms with Crippen LogP contribution in [0.1, 0.15) is 98.3 Å². The maximum Gasteiger partial charge on any atom is 0.308 e. The molecule has 0 saturated carbocycles. The number of fused-ring (bicyclic) bond motifs is 2. The molecule has 15 N–H and O–H groups in total. The van der Waals surface area contributed by atoms with Crippen LogP contribution in [-0.2, 0) is 28.5 Å². The molecule has 0 aromatic heterocycles. The fourth-order valence-electron chi connectivity index (χ4n) is 10.1. The Bertz CT molecular complexity index is 1950. The average molecular weight is 1120 g/mol. The number of nitrogens with zero attached hydrogens (tertiary/aromatic N) is 2. The number of hydrogen-bond donors (Lipinski definition) is 13. The number of carbonyl (C=O) groups is 2. The molecule has 3 rings (SSSR count). The largest absolute Gasteiger partial charge is 0.462 e. The van der Waals surface area contributed by atoms with Crippen molar-refractivity contribution < 1.29 is 79.6 Å². The SMILES string of the molecule is C[C@@H]1OC(=O)CC(O)CC(O)CCC(O)C(O)CC(O)CC2(O)C[C@H](O)C(C(=O)NCCCN(C)C)C(CC(O[C@@H]3O[C@H](C)C(O)C(N(CCCN)CCCN)[C@@H]3O)/C=C/C=C/C=C/C=C/C=C/C=C/C=C/[C@H](C)C(O)[C@H]1C)O2. The number of aliphatic hydroxyl groups excluding tert-OH is 9. The highest BCUT2D eigenvalue weighted by atomic mass is 16.7. The minimum Gasteiger partial charge on any atom is -0.462 e. The first kappa shape index (κ1) is 69.7.